The van der Waals surface area contributed by atoms with Crippen molar-refractivity contribution in [2.45, 2.75) is 19.2 Å². The molecule has 0 amide bonds. The topological polar surface area (TPSA) is 58.7 Å². The molecule has 0 radical (unpaired) electrons. The van der Waals surface area contributed by atoms with E-state index in [-0.39, 0.29) is 12.4 Å². The largest absolute Gasteiger partial charge is 0.389 e. The van der Waals surface area contributed by atoms with Crippen LogP contribution >= 0.6 is 0 Å². The third kappa shape index (κ3) is 4.70. The van der Waals surface area contributed by atoms with Crippen LogP contribution in [0.4, 0.5) is 4.39 Å². The maximum atomic E-state index is 13.6. The highest BCUT2D eigenvalue weighted by molar-refractivity contribution is 5.24. The van der Waals surface area contributed by atoms with Gasteiger partial charge in [0, 0.05) is 32.3 Å². The molecule has 18 heavy (non-hydrogen) atoms. The van der Waals surface area contributed by atoms with Crippen molar-refractivity contribution in [2.75, 3.05) is 27.3 Å². The highest BCUT2D eigenvalue weighted by atomic mass is 19.1. The molecule has 1 rings (SSSR count). The molecule has 0 aromatic heterocycles. The summed E-state index contributed by atoms with van der Waals surface area (Å²) in [6, 6.07) is 4.87. The summed E-state index contributed by atoms with van der Waals surface area (Å²) in [4.78, 5) is 1.85. The minimum atomic E-state index is -0.569. The Morgan fingerprint density at radius 3 is 2.83 bits per heavy atom. The average Bonchev–Trinajstić information content (AvgIpc) is 2.32. The van der Waals surface area contributed by atoms with E-state index < -0.39 is 6.10 Å². The Kier molecular flexibility index (Phi) is 6.21. The van der Waals surface area contributed by atoms with E-state index in [9.17, 15) is 9.50 Å². The van der Waals surface area contributed by atoms with Gasteiger partial charge in [0.2, 0.25) is 0 Å². The van der Waals surface area contributed by atoms with Crippen LogP contribution in [0.15, 0.2) is 18.2 Å². The lowest BCUT2D eigenvalue weighted by Gasteiger charge is -2.20. The fourth-order valence-corrected chi connectivity index (χ4v) is 1.84. The molecule has 3 N–H and O–H groups in total. The van der Waals surface area contributed by atoms with Crippen LogP contribution in [-0.4, -0.2) is 43.4 Å². The number of aliphatic hydroxyl groups is 1. The van der Waals surface area contributed by atoms with E-state index in [0.29, 0.717) is 25.2 Å². The van der Waals surface area contributed by atoms with E-state index in [0.717, 1.165) is 5.56 Å². The maximum absolute atomic E-state index is 13.6. The summed E-state index contributed by atoms with van der Waals surface area (Å²) in [6.07, 6.45) is -0.569. The zero-order valence-corrected chi connectivity index (χ0v) is 10.9. The average molecular weight is 256 g/mol. The van der Waals surface area contributed by atoms with Gasteiger partial charge in [0.25, 0.3) is 0 Å². The van der Waals surface area contributed by atoms with Crippen LogP contribution in [0.2, 0.25) is 0 Å². The Morgan fingerprint density at radius 2 is 2.22 bits per heavy atom. The van der Waals surface area contributed by atoms with Gasteiger partial charge in [0.15, 0.2) is 0 Å². The molecule has 0 bridgehead atoms. The van der Waals surface area contributed by atoms with Gasteiger partial charge in [0.1, 0.15) is 5.82 Å². The Bertz CT molecular complexity index is 374. The third-order valence-electron chi connectivity index (χ3n) is 2.67. The molecule has 1 atom stereocenters. The molecule has 1 unspecified atom stereocenters. The summed E-state index contributed by atoms with van der Waals surface area (Å²) < 4.78 is 18.4. The highest BCUT2D eigenvalue weighted by Gasteiger charge is 2.11. The van der Waals surface area contributed by atoms with Crippen molar-refractivity contribution in [3.05, 3.63) is 35.1 Å². The van der Waals surface area contributed by atoms with E-state index in [1.807, 2.05) is 11.9 Å². The minimum Gasteiger partial charge on any atom is -0.389 e. The molecule has 0 aliphatic rings. The SMILES string of the molecule is COCC(O)CN(C)Cc1cc(CN)ccc1F. The number of halogens is 1. The molecule has 102 valence electrons. The molecule has 5 heteroatoms. The molecule has 4 nitrogen and oxygen atoms in total. The van der Waals surface area contributed by atoms with Gasteiger partial charge in [-0.3, -0.25) is 4.90 Å². The number of nitrogens with two attached hydrogens (primary N) is 1. The number of aliphatic hydroxyl groups excluding tert-OH is 1. The molecule has 0 heterocycles. The smallest absolute Gasteiger partial charge is 0.127 e. The van der Waals surface area contributed by atoms with Crippen molar-refractivity contribution in [1.29, 1.82) is 0 Å². The fourth-order valence-electron chi connectivity index (χ4n) is 1.84. The second kappa shape index (κ2) is 7.43. The lowest BCUT2D eigenvalue weighted by atomic mass is 10.1. The van der Waals surface area contributed by atoms with Gasteiger partial charge in [-0.15, -0.1) is 0 Å². The van der Waals surface area contributed by atoms with Crippen LogP contribution in [0.1, 0.15) is 11.1 Å². The lowest BCUT2D eigenvalue weighted by Crippen LogP contribution is -2.31. The Labute approximate surface area is 107 Å². The Morgan fingerprint density at radius 1 is 1.50 bits per heavy atom. The normalized spacial score (nSPS) is 13.0. The van der Waals surface area contributed by atoms with Crippen molar-refractivity contribution in [3.8, 4) is 0 Å². The molecular formula is C13H21FN2O2. The maximum Gasteiger partial charge on any atom is 0.127 e. The van der Waals surface area contributed by atoms with Crippen LogP contribution in [-0.2, 0) is 17.8 Å². The Balaban J connectivity index is 2.60. The van der Waals surface area contributed by atoms with Gasteiger partial charge >= 0.3 is 0 Å². The minimum absolute atomic E-state index is 0.250. The molecule has 0 saturated heterocycles. The second-order valence-corrected chi connectivity index (χ2v) is 4.44. The van der Waals surface area contributed by atoms with Crippen molar-refractivity contribution < 1.29 is 14.2 Å². The first-order valence-corrected chi connectivity index (χ1v) is 5.89. The number of rotatable bonds is 7. The summed E-state index contributed by atoms with van der Waals surface area (Å²) >= 11 is 0. The third-order valence-corrected chi connectivity index (χ3v) is 2.67. The molecular weight excluding hydrogens is 235 g/mol. The number of methoxy groups -OCH3 is 1. The van der Waals surface area contributed by atoms with Gasteiger partial charge in [-0.2, -0.15) is 0 Å². The first-order chi connectivity index (χ1) is 8.56. The molecule has 0 aliphatic carbocycles. The van der Waals surface area contributed by atoms with Crippen LogP contribution < -0.4 is 5.73 Å². The zero-order chi connectivity index (χ0) is 13.5. The van der Waals surface area contributed by atoms with Gasteiger partial charge in [-0.05, 0) is 18.7 Å². The second-order valence-electron chi connectivity index (χ2n) is 4.44. The molecule has 0 fully saturated rings. The van der Waals surface area contributed by atoms with Crippen molar-refractivity contribution >= 4 is 0 Å². The van der Waals surface area contributed by atoms with Crippen molar-refractivity contribution in [3.63, 3.8) is 0 Å². The molecule has 1 aromatic carbocycles. The number of likely N-dealkylation sites (N-methyl/N-ethyl adjacent to an activating group) is 1. The first kappa shape index (κ1) is 15.0. The van der Waals surface area contributed by atoms with E-state index >= 15 is 0 Å². The monoisotopic (exact) mass is 256 g/mol. The van der Waals surface area contributed by atoms with Crippen molar-refractivity contribution in [1.82, 2.24) is 4.90 Å². The molecule has 0 saturated carbocycles. The van der Waals surface area contributed by atoms with Gasteiger partial charge < -0.3 is 15.6 Å². The predicted octanol–water partition coefficient (Wildman–Crippen LogP) is 0.724. The lowest BCUT2D eigenvalue weighted by molar-refractivity contribution is 0.0417. The Hall–Kier alpha value is -1.01. The fraction of sp³-hybridized carbons (Fsp3) is 0.538. The van der Waals surface area contributed by atoms with Gasteiger partial charge in [-0.25, -0.2) is 4.39 Å². The predicted molar refractivity (Wildman–Crippen MR) is 68.5 cm³/mol. The molecule has 0 spiro atoms. The number of nitrogens with zero attached hydrogens (tertiary/aromatic N) is 1. The van der Waals surface area contributed by atoms with Crippen LogP contribution in [0.3, 0.4) is 0 Å². The zero-order valence-electron chi connectivity index (χ0n) is 10.9. The van der Waals surface area contributed by atoms with E-state index in [4.69, 9.17) is 10.5 Å². The summed E-state index contributed by atoms with van der Waals surface area (Å²) in [5, 5.41) is 9.59. The summed E-state index contributed by atoms with van der Waals surface area (Å²) in [7, 11) is 3.36. The van der Waals surface area contributed by atoms with E-state index in [2.05, 4.69) is 0 Å². The van der Waals surface area contributed by atoms with Crippen LogP contribution in [0.25, 0.3) is 0 Å². The summed E-state index contributed by atoms with van der Waals surface area (Å²) in [5.74, 6) is -0.250. The quantitative estimate of drug-likeness (QED) is 0.755. The number of hydrogen-bond donors (Lipinski definition) is 2. The standard InChI is InChI=1S/C13H21FN2O2/c1-16(8-12(17)9-18-2)7-11-5-10(6-15)3-4-13(11)14/h3-5,12,17H,6-9,15H2,1-2H3. The summed E-state index contributed by atoms with van der Waals surface area (Å²) in [5.41, 5.74) is 7.02. The number of ether oxygens (including phenoxy) is 1. The van der Waals surface area contributed by atoms with Gasteiger partial charge in [-0.1, -0.05) is 12.1 Å². The summed E-state index contributed by atoms with van der Waals surface area (Å²) in [6.45, 7) is 1.53. The molecule has 1 aromatic rings. The number of benzene rings is 1. The van der Waals surface area contributed by atoms with Crippen LogP contribution in [0.5, 0.6) is 0 Å². The van der Waals surface area contributed by atoms with E-state index in [1.54, 1.807) is 12.1 Å². The van der Waals surface area contributed by atoms with E-state index in [1.165, 1.54) is 13.2 Å². The van der Waals surface area contributed by atoms with Gasteiger partial charge in [0.05, 0.1) is 12.7 Å². The first-order valence-electron chi connectivity index (χ1n) is 5.89. The number of hydrogen-bond acceptors (Lipinski definition) is 4. The molecule has 0 aliphatic heterocycles. The van der Waals surface area contributed by atoms with Crippen LogP contribution in [0, 0.1) is 5.82 Å². The highest BCUT2D eigenvalue weighted by Crippen LogP contribution is 2.12. The van der Waals surface area contributed by atoms with Crippen molar-refractivity contribution in [2.24, 2.45) is 5.73 Å².